The Morgan fingerprint density at radius 2 is 2.00 bits per heavy atom. The Bertz CT molecular complexity index is 551. The highest BCUT2D eigenvalue weighted by Gasteiger charge is 2.42. The van der Waals surface area contributed by atoms with Gasteiger partial charge in [0.1, 0.15) is 5.54 Å². The summed E-state index contributed by atoms with van der Waals surface area (Å²) in [6, 6.07) is 1.70. The third-order valence-electron chi connectivity index (χ3n) is 3.48. The zero-order valence-electron chi connectivity index (χ0n) is 10.6. The van der Waals surface area contributed by atoms with Crippen LogP contribution in [0.4, 0.5) is 4.39 Å². The van der Waals surface area contributed by atoms with E-state index in [2.05, 4.69) is 20.9 Å². The number of carbonyl (C=O) groups excluding carboxylic acids is 1. The van der Waals surface area contributed by atoms with Crippen molar-refractivity contribution in [3.63, 3.8) is 0 Å². The molecule has 0 unspecified atom stereocenters. The van der Waals surface area contributed by atoms with Gasteiger partial charge in [-0.25, -0.2) is 4.79 Å². The van der Waals surface area contributed by atoms with E-state index in [0.29, 0.717) is 22.9 Å². The summed E-state index contributed by atoms with van der Waals surface area (Å²) < 4.78 is 24.9. The van der Waals surface area contributed by atoms with Gasteiger partial charge in [0.25, 0.3) is 0 Å². The fourth-order valence-corrected chi connectivity index (χ4v) is 2.92. The van der Waals surface area contributed by atoms with E-state index in [0.717, 1.165) is 6.42 Å². The number of halogens is 2. The molecular weight excluding hydrogens is 317 g/mol. The van der Waals surface area contributed by atoms with Crippen molar-refractivity contribution in [2.24, 2.45) is 4.99 Å². The van der Waals surface area contributed by atoms with Crippen molar-refractivity contribution in [3.8, 4) is 11.5 Å². The summed E-state index contributed by atoms with van der Waals surface area (Å²) in [6.45, 7) is 0. The molecule has 0 aromatic heterocycles. The first kappa shape index (κ1) is 14.0. The second-order valence-corrected chi connectivity index (χ2v) is 5.23. The van der Waals surface area contributed by atoms with Crippen LogP contribution >= 0.6 is 15.9 Å². The number of ether oxygens (including phenoxy) is 2. The summed E-state index contributed by atoms with van der Waals surface area (Å²) in [5.74, 6) is -0.453. The van der Waals surface area contributed by atoms with Gasteiger partial charge < -0.3 is 9.47 Å². The monoisotopic (exact) mass is 329 g/mol. The molecule has 1 saturated carbocycles. The van der Waals surface area contributed by atoms with Crippen LogP contribution in [0.2, 0.25) is 0 Å². The molecule has 1 aliphatic carbocycles. The van der Waals surface area contributed by atoms with E-state index in [4.69, 9.17) is 9.47 Å². The first-order valence-corrected chi connectivity index (χ1v) is 6.58. The Hall–Kier alpha value is -1.39. The lowest BCUT2D eigenvalue weighted by Crippen LogP contribution is -2.32. The predicted molar refractivity (Wildman–Crippen MR) is 70.9 cm³/mol. The molecule has 0 atom stereocenters. The Balaban J connectivity index is 2.66. The molecule has 0 aliphatic heterocycles. The van der Waals surface area contributed by atoms with Gasteiger partial charge in [-0.15, -0.1) is 0 Å². The normalized spacial score (nSPS) is 16.2. The summed E-state index contributed by atoms with van der Waals surface area (Å²) in [6.07, 6.45) is 3.86. The van der Waals surface area contributed by atoms with Crippen LogP contribution in [0, 0.1) is 5.82 Å². The van der Waals surface area contributed by atoms with E-state index in [1.165, 1.54) is 14.2 Å². The van der Waals surface area contributed by atoms with Gasteiger partial charge in [-0.2, -0.15) is 9.38 Å². The Morgan fingerprint density at radius 3 is 2.42 bits per heavy atom. The number of aliphatic imine (C=N–C) groups is 1. The molecule has 0 saturated heterocycles. The number of benzene rings is 1. The maximum Gasteiger partial charge on any atom is 0.235 e. The molecule has 0 spiro atoms. The third kappa shape index (κ3) is 2.15. The summed E-state index contributed by atoms with van der Waals surface area (Å²) >= 11 is 3.26. The quantitative estimate of drug-likeness (QED) is 0.628. The van der Waals surface area contributed by atoms with E-state index < -0.39 is 11.4 Å². The number of rotatable bonds is 4. The molecule has 1 fully saturated rings. The predicted octanol–water partition coefficient (Wildman–Crippen LogP) is 3.32. The highest BCUT2D eigenvalue weighted by Crippen LogP contribution is 2.51. The highest BCUT2D eigenvalue weighted by atomic mass is 79.9. The molecule has 1 aliphatic rings. The lowest BCUT2D eigenvalue weighted by Gasteiger charge is -2.38. The van der Waals surface area contributed by atoms with Crippen LogP contribution in [-0.2, 0) is 10.3 Å². The zero-order chi connectivity index (χ0) is 14.0. The van der Waals surface area contributed by atoms with Gasteiger partial charge in [0, 0.05) is 5.56 Å². The second-order valence-electron chi connectivity index (χ2n) is 4.37. The molecule has 1 aromatic rings. The van der Waals surface area contributed by atoms with E-state index in [1.807, 2.05) is 0 Å². The van der Waals surface area contributed by atoms with Gasteiger partial charge in [-0.1, -0.05) is 0 Å². The second kappa shape index (κ2) is 5.31. The lowest BCUT2D eigenvalue weighted by atomic mass is 9.72. The Morgan fingerprint density at radius 1 is 1.37 bits per heavy atom. The number of hydrogen-bond donors (Lipinski definition) is 0. The van der Waals surface area contributed by atoms with Gasteiger partial charge in [0.15, 0.2) is 11.5 Å². The standard InChI is InChI=1S/C13H13BrFNO3/c1-18-11-8(13(16-7-17)4-3-5-13)6-9(14)12(19-2)10(11)15/h6H,3-5H2,1-2H3. The SMILES string of the molecule is COc1c(Br)cc(C2(N=C=O)CCC2)c(OC)c1F. The first-order chi connectivity index (χ1) is 9.09. The molecule has 102 valence electrons. The van der Waals surface area contributed by atoms with Crippen LogP contribution in [0.5, 0.6) is 11.5 Å². The molecule has 4 nitrogen and oxygen atoms in total. The van der Waals surface area contributed by atoms with Crippen LogP contribution < -0.4 is 9.47 Å². The largest absolute Gasteiger partial charge is 0.493 e. The minimum Gasteiger partial charge on any atom is -0.493 e. The van der Waals surface area contributed by atoms with Crippen molar-refractivity contribution in [1.29, 1.82) is 0 Å². The van der Waals surface area contributed by atoms with Crippen LogP contribution in [0.1, 0.15) is 24.8 Å². The molecule has 0 radical (unpaired) electrons. The van der Waals surface area contributed by atoms with Crippen LogP contribution in [-0.4, -0.2) is 20.3 Å². The number of hydrogen-bond acceptors (Lipinski definition) is 4. The summed E-state index contributed by atoms with van der Waals surface area (Å²) in [4.78, 5) is 14.5. The minimum absolute atomic E-state index is 0.0683. The summed E-state index contributed by atoms with van der Waals surface area (Å²) in [7, 11) is 2.76. The van der Waals surface area contributed by atoms with Crippen molar-refractivity contribution >= 4 is 22.0 Å². The zero-order valence-corrected chi connectivity index (χ0v) is 12.2. The number of nitrogens with zero attached hydrogens (tertiary/aromatic N) is 1. The van der Waals surface area contributed by atoms with Gasteiger partial charge in [0.05, 0.1) is 18.7 Å². The molecule has 6 heteroatoms. The van der Waals surface area contributed by atoms with E-state index in [-0.39, 0.29) is 11.5 Å². The van der Waals surface area contributed by atoms with Crippen molar-refractivity contribution in [2.45, 2.75) is 24.8 Å². The van der Waals surface area contributed by atoms with Crippen molar-refractivity contribution in [3.05, 3.63) is 21.9 Å². The Labute approximate surface area is 118 Å². The topological polar surface area (TPSA) is 47.9 Å². The van der Waals surface area contributed by atoms with Crippen molar-refractivity contribution < 1.29 is 18.7 Å². The maximum atomic E-state index is 14.3. The molecule has 0 amide bonds. The third-order valence-corrected chi connectivity index (χ3v) is 4.07. The molecule has 0 heterocycles. The van der Waals surface area contributed by atoms with Crippen LogP contribution in [0.3, 0.4) is 0 Å². The molecule has 19 heavy (non-hydrogen) atoms. The molecule has 1 aromatic carbocycles. The molecule has 0 bridgehead atoms. The smallest absolute Gasteiger partial charge is 0.235 e. The van der Waals surface area contributed by atoms with Gasteiger partial charge in [0.2, 0.25) is 11.9 Å². The highest BCUT2D eigenvalue weighted by molar-refractivity contribution is 9.10. The number of methoxy groups -OCH3 is 2. The van der Waals surface area contributed by atoms with E-state index >= 15 is 0 Å². The van der Waals surface area contributed by atoms with E-state index in [9.17, 15) is 9.18 Å². The fourth-order valence-electron chi connectivity index (χ4n) is 2.36. The molecular formula is C13H13BrFNO3. The molecule has 0 N–H and O–H groups in total. The van der Waals surface area contributed by atoms with Crippen molar-refractivity contribution in [2.75, 3.05) is 14.2 Å². The van der Waals surface area contributed by atoms with Crippen LogP contribution in [0.25, 0.3) is 0 Å². The lowest BCUT2D eigenvalue weighted by molar-refractivity contribution is 0.241. The minimum atomic E-state index is -0.720. The van der Waals surface area contributed by atoms with E-state index in [1.54, 1.807) is 12.1 Å². The van der Waals surface area contributed by atoms with Gasteiger partial charge >= 0.3 is 0 Å². The summed E-state index contributed by atoms with van der Waals surface area (Å²) in [5, 5.41) is 0. The van der Waals surface area contributed by atoms with Gasteiger partial charge in [-0.05, 0) is 41.3 Å². The molecule has 2 rings (SSSR count). The van der Waals surface area contributed by atoms with Crippen molar-refractivity contribution in [1.82, 2.24) is 0 Å². The summed E-state index contributed by atoms with van der Waals surface area (Å²) in [5.41, 5.74) is -0.169. The van der Waals surface area contributed by atoms with Crippen LogP contribution in [0.15, 0.2) is 15.5 Å². The van der Waals surface area contributed by atoms with Gasteiger partial charge in [-0.3, -0.25) is 0 Å². The maximum absolute atomic E-state index is 14.3. The fraction of sp³-hybridized carbons (Fsp3) is 0.462. The first-order valence-electron chi connectivity index (χ1n) is 5.79. The average Bonchev–Trinajstić information content (AvgIpc) is 2.34. The average molecular weight is 330 g/mol. The number of isocyanates is 1. The Kier molecular flexibility index (Phi) is 3.92.